The van der Waals surface area contributed by atoms with Crippen LogP contribution in [-0.2, 0) is 10.0 Å². The molecule has 3 nitrogen and oxygen atoms in total. The van der Waals surface area contributed by atoms with E-state index in [9.17, 15) is 12.8 Å². The molecule has 0 radical (unpaired) electrons. The first-order valence-corrected chi connectivity index (χ1v) is 7.31. The van der Waals surface area contributed by atoms with E-state index in [1.54, 1.807) is 0 Å². The number of hydrogen-bond donors (Lipinski definition) is 1. The van der Waals surface area contributed by atoms with Crippen molar-refractivity contribution in [2.24, 2.45) is 0 Å². The molecule has 0 heterocycles. The van der Waals surface area contributed by atoms with E-state index in [0.29, 0.717) is 13.0 Å². The molecule has 0 bridgehead atoms. The molecule has 0 saturated carbocycles. The van der Waals surface area contributed by atoms with Crippen LogP contribution in [-0.4, -0.2) is 15.0 Å². The average Bonchev–Trinajstić information content (AvgIpc) is 2.24. The van der Waals surface area contributed by atoms with Crippen LogP contribution in [0.5, 0.6) is 0 Å². The SMILES string of the molecule is C/C=C/CCNS(=O)(=O)c1ccc(F)cc1Br. The minimum absolute atomic E-state index is 0.0411. The molecule has 1 aromatic carbocycles. The summed E-state index contributed by atoms with van der Waals surface area (Å²) in [5.41, 5.74) is 0. The summed E-state index contributed by atoms with van der Waals surface area (Å²) in [6.45, 7) is 2.18. The zero-order valence-electron chi connectivity index (χ0n) is 9.28. The highest BCUT2D eigenvalue weighted by Crippen LogP contribution is 2.22. The van der Waals surface area contributed by atoms with Gasteiger partial charge in [0.25, 0.3) is 0 Å². The van der Waals surface area contributed by atoms with Crippen molar-refractivity contribution in [2.75, 3.05) is 6.54 Å². The topological polar surface area (TPSA) is 46.2 Å². The zero-order valence-corrected chi connectivity index (χ0v) is 11.7. The Balaban J connectivity index is 2.82. The molecule has 0 amide bonds. The van der Waals surface area contributed by atoms with Crippen molar-refractivity contribution in [1.29, 1.82) is 0 Å². The van der Waals surface area contributed by atoms with Gasteiger partial charge < -0.3 is 0 Å². The number of nitrogens with one attached hydrogen (secondary N) is 1. The number of benzene rings is 1. The van der Waals surface area contributed by atoms with Gasteiger partial charge in [0.05, 0.1) is 4.90 Å². The van der Waals surface area contributed by atoms with E-state index in [1.165, 1.54) is 6.07 Å². The fraction of sp³-hybridized carbons (Fsp3) is 0.273. The number of sulfonamides is 1. The average molecular weight is 322 g/mol. The smallest absolute Gasteiger partial charge is 0.211 e. The molecule has 0 spiro atoms. The van der Waals surface area contributed by atoms with Crippen LogP contribution in [0.25, 0.3) is 0 Å². The summed E-state index contributed by atoms with van der Waals surface area (Å²) >= 11 is 3.03. The van der Waals surface area contributed by atoms with Gasteiger partial charge in [-0.3, -0.25) is 0 Å². The number of hydrogen-bond acceptors (Lipinski definition) is 2. The fourth-order valence-electron chi connectivity index (χ4n) is 1.21. The van der Waals surface area contributed by atoms with Gasteiger partial charge in [-0.25, -0.2) is 17.5 Å². The van der Waals surface area contributed by atoms with Crippen LogP contribution >= 0.6 is 15.9 Å². The molecule has 1 N–H and O–H groups in total. The van der Waals surface area contributed by atoms with Crippen LogP contribution in [0.3, 0.4) is 0 Å². The molecular weight excluding hydrogens is 309 g/mol. The monoisotopic (exact) mass is 321 g/mol. The van der Waals surface area contributed by atoms with E-state index >= 15 is 0 Å². The predicted octanol–water partition coefficient (Wildman–Crippen LogP) is 2.83. The highest BCUT2D eigenvalue weighted by molar-refractivity contribution is 9.10. The van der Waals surface area contributed by atoms with Crippen LogP contribution in [0.15, 0.2) is 39.7 Å². The molecule has 94 valence electrons. The van der Waals surface area contributed by atoms with Gasteiger partial charge in [-0.1, -0.05) is 12.2 Å². The summed E-state index contributed by atoms with van der Waals surface area (Å²) in [6.07, 6.45) is 4.33. The standard InChI is InChI=1S/C11H13BrFNO2S/c1-2-3-4-7-14-17(15,16)11-6-5-9(13)8-10(11)12/h2-3,5-6,8,14H,4,7H2,1H3/b3-2+. The van der Waals surface area contributed by atoms with Gasteiger partial charge in [-0.2, -0.15) is 0 Å². The quantitative estimate of drug-likeness (QED) is 0.669. The Bertz CT molecular complexity index is 514. The molecule has 0 aliphatic rings. The largest absolute Gasteiger partial charge is 0.241 e. The summed E-state index contributed by atoms with van der Waals surface area (Å²) in [4.78, 5) is 0.0411. The Morgan fingerprint density at radius 2 is 2.18 bits per heavy atom. The van der Waals surface area contributed by atoms with Crippen LogP contribution < -0.4 is 4.72 Å². The Morgan fingerprint density at radius 1 is 1.47 bits per heavy atom. The van der Waals surface area contributed by atoms with Crippen molar-refractivity contribution in [3.8, 4) is 0 Å². The highest BCUT2D eigenvalue weighted by Gasteiger charge is 2.16. The minimum Gasteiger partial charge on any atom is -0.211 e. The Labute approximate surface area is 109 Å². The molecule has 1 aromatic rings. The lowest BCUT2D eigenvalue weighted by molar-refractivity contribution is 0.580. The second-order valence-electron chi connectivity index (χ2n) is 3.33. The third-order valence-electron chi connectivity index (χ3n) is 2.02. The summed E-state index contributed by atoms with van der Waals surface area (Å²) in [5.74, 6) is -0.482. The van der Waals surface area contributed by atoms with E-state index in [0.717, 1.165) is 12.1 Å². The summed E-state index contributed by atoms with van der Waals surface area (Å²) in [7, 11) is -3.59. The Morgan fingerprint density at radius 3 is 2.76 bits per heavy atom. The van der Waals surface area contributed by atoms with E-state index in [2.05, 4.69) is 20.7 Å². The lowest BCUT2D eigenvalue weighted by atomic mass is 10.3. The molecule has 0 saturated heterocycles. The van der Waals surface area contributed by atoms with E-state index in [4.69, 9.17) is 0 Å². The molecule has 0 unspecified atom stereocenters. The molecule has 17 heavy (non-hydrogen) atoms. The number of halogens is 2. The predicted molar refractivity (Wildman–Crippen MR) is 68.7 cm³/mol. The molecule has 0 aliphatic heterocycles. The molecule has 0 aliphatic carbocycles. The number of rotatable bonds is 5. The maximum Gasteiger partial charge on any atom is 0.241 e. The third-order valence-corrected chi connectivity index (χ3v) is 4.46. The van der Waals surface area contributed by atoms with Crippen LogP contribution in [0.1, 0.15) is 13.3 Å². The lowest BCUT2D eigenvalue weighted by Crippen LogP contribution is -2.24. The van der Waals surface area contributed by atoms with Gasteiger partial charge in [0, 0.05) is 11.0 Å². The third kappa shape index (κ3) is 4.22. The first-order valence-electron chi connectivity index (χ1n) is 5.03. The second kappa shape index (κ2) is 6.28. The first-order chi connectivity index (χ1) is 7.97. The molecular formula is C11H13BrFNO2S. The molecule has 0 atom stereocenters. The molecule has 0 fully saturated rings. The summed E-state index contributed by atoms with van der Waals surface area (Å²) in [6, 6.07) is 3.48. The molecule has 6 heteroatoms. The van der Waals surface area contributed by atoms with Crippen molar-refractivity contribution < 1.29 is 12.8 Å². The number of allylic oxidation sites excluding steroid dienone is 1. The summed E-state index contributed by atoms with van der Waals surface area (Å²) < 4.78 is 39.2. The van der Waals surface area contributed by atoms with Gasteiger partial charge >= 0.3 is 0 Å². The second-order valence-corrected chi connectivity index (χ2v) is 5.92. The van der Waals surface area contributed by atoms with Crippen molar-refractivity contribution >= 4 is 26.0 Å². The first kappa shape index (κ1) is 14.3. The normalized spacial score (nSPS) is 12.2. The van der Waals surface area contributed by atoms with Gasteiger partial charge in [0.15, 0.2) is 0 Å². The molecule has 1 rings (SSSR count). The summed E-state index contributed by atoms with van der Waals surface area (Å²) in [5, 5.41) is 0. The zero-order chi connectivity index (χ0) is 12.9. The van der Waals surface area contributed by atoms with E-state index in [-0.39, 0.29) is 9.37 Å². The van der Waals surface area contributed by atoms with Crippen molar-refractivity contribution in [1.82, 2.24) is 4.72 Å². The maximum atomic E-state index is 12.8. The highest BCUT2D eigenvalue weighted by atomic mass is 79.9. The van der Waals surface area contributed by atoms with Crippen molar-refractivity contribution in [3.63, 3.8) is 0 Å². The van der Waals surface area contributed by atoms with Gasteiger partial charge in [0.2, 0.25) is 10.0 Å². The van der Waals surface area contributed by atoms with E-state index < -0.39 is 15.8 Å². The minimum atomic E-state index is -3.59. The van der Waals surface area contributed by atoms with Crippen LogP contribution in [0.2, 0.25) is 0 Å². The van der Waals surface area contributed by atoms with E-state index in [1.807, 2.05) is 19.1 Å². The Hall–Kier alpha value is -0.720. The lowest BCUT2D eigenvalue weighted by Gasteiger charge is -2.07. The Kier molecular flexibility index (Phi) is 5.30. The maximum absolute atomic E-state index is 12.8. The van der Waals surface area contributed by atoms with Crippen LogP contribution in [0, 0.1) is 5.82 Å². The van der Waals surface area contributed by atoms with Crippen LogP contribution in [0.4, 0.5) is 4.39 Å². The molecule has 0 aromatic heterocycles. The van der Waals surface area contributed by atoms with Gasteiger partial charge in [0.1, 0.15) is 5.82 Å². The van der Waals surface area contributed by atoms with Gasteiger partial charge in [-0.05, 0) is 47.5 Å². The fourth-order valence-corrected chi connectivity index (χ4v) is 3.31. The van der Waals surface area contributed by atoms with Crippen molar-refractivity contribution in [2.45, 2.75) is 18.2 Å². The van der Waals surface area contributed by atoms with Gasteiger partial charge in [-0.15, -0.1) is 0 Å². The van der Waals surface area contributed by atoms with Crippen molar-refractivity contribution in [3.05, 3.63) is 40.6 Å².